The van der Waals surface area contributed by atoms with Gasteiger partial charge in [-0.2, -0.15) is 10.2 Å². The molecule has 0 spiro atoms. The fraction of sp³-hybridized carbons (Fsp3) is 0.404. The Labute approximate surface area is 528 Å². The van der Waals surface area contributed by atoms with Crippen molar-refractivity contribution in [2.24, 2.45) is 16.6 Å². The molecule has 9 amide bonds. The van der Waals surface area contributed by atoms with Crippen LogP contribution in [0.25, 0.3) is 32.2 Å². The molecule has 2 saturated heterocycles. The number of nitrogens with one attached hydrogen (secondary N) is 4. The van der Waals surface area contributed by atoms with Gasteiger partial charge in [0.15, 0.2) is 11.4 Å². The van der Waals surface area contributed by atoms with Crippen LogP contribution < -0.4 is 32.7 Å². The van der Waals surface area contributed by atoms with Crippen molar-refractivity contribution in [1.29, 1.82) is 0 Å². The lowest BCUT2D eigenvalue weighted by Crippen LogP contribution is -2.47. The van der Waals surface area contributed by atoms with E-state index in [9.17, 15) is 64.7 Å². The standard InChI is InChI=1S/C28H31ClF3N7O4.C23H22ClFN8O4.C5H9F2N.CH4.ClH/c1-16(2)38(13-22(40)34-12-17-5-3-6-20(29)24(17)30)23(41)14-39-21-8-7-18(11-19(21)25(36-39)26(33)42)35-27(43)37-10-4-9-28(31,32)15-37;1-12(2)32(10-18(34)28-9-14-4-3-5-16(24)20(14)25)19(35)11-33-17-7-6-13(23(37)29-31-27)8-15(17)21(30-33)22(26)36;6-5(7)2-1-3-8-4-5;;/h3,5-8,11,16H,4,9-10,12-15H2,1-2H3,(H2,33,42)(H,34,40)(H,35,43);3-8,12H,9-11H2,1-2H3,(H2,26,36)(H,28,34);8H,1-4H2;1H4;1H. The van der Waals surface area contributed by atoms with Gasteiger partial charge in [-0.05, 0) is 106 Å². The number of hydrogen-bond acceptors (Lipinski definition) is 11. The Morgan fingerprint density at radius 1 is 0.722 bits per heavy atom. The van der Waals surface area contributed by atoms with E-state index in [1.54, 1.807) is 39.8 Å². The molecule has 0 unspecified atom stereocenters. The summed E-state index contributed by atoms with van der Waals surface area (Å²) in [6.07, 6.45) is 0.541. The molecule has 4 aromatic carbocycles. The number of anilines is 1. The minimum absolute atomic E-state index is 0. The van der Waals surface area contributed by atoms with E-state index in [2.05, 4.69) is 41.5 Å². The third kappa shape index (κ3) is 19.9. The number of carbonyl (C=O) groups excluding carboxylic acids is 8. The fourth-order valence-corrected chi connectivity index (χ4v) is 9.57. The summed E-state index contributed by atoms with van der Waals surface area (Å²) < 4.78 is 82.5. The molecule has 2 aromatic heterocycles. The Balaban J connectivity index is 0.000000337. The normalized spacial score (nSPS) is 13.8. The van der Waals surface area contributed by atoms with Gasteiger partial charge >= 0.3 is 6.03 Å². The summed E-state index contributed by atoms with van der Waals surface area (Å²) >= 11 is 11.5. The van der Waals surface area contributed by atoms with Crippen LogP contribution in [-0.2, 0) is 45.4 Å². The highest BCUT2D eigenvalue weighted by atomic mass is 35.5. The lowest BCUT2D eigenvalue weighted by molar-refractivity contribution is -0.138. The van der Waals surface area contributed by atoms with Crippen LogP contribution in [0.4, 0.5) is 36.8 Å². The van der Waals surface area contributed by atoms with Gasteiger partial charge in [-0.3, -0.25) is 42.9 Å². The van der Waals surface area contributed by atoms with Crippen molar-refractivity contribution in [2.75, 3.05) is 44.6 Å². The molecule has 0 aliphatic carbocycles. The van der Waals surface area contributed by atoms with E-state index in [0.717, 1.165) is 11.4 Å². The number of benzene rings is 4. The van der Waals surface area contributed by atoms with E-state index in [4.69, 9.17) is 40.2 Å². The Bertz CT molecular complexity index is 3670. The Hall–Kier alpha value is -8.70. The first-order valence-electron chi connectivity index (χ1n) is 27.2. The van der Waals surface area contributed by atoms with Gasteiger partial charge in [-0.25, -0.2) is 31.1 Å². The zero-order valence-corrected chi connectivity index (χ0v) is 50.6. The molecular formula is C57H67Cl3F6N16O8. The van der Waals surface area contributed by atoms with E-state index in [1.807, 2.05) is 0 Å². The summed E-state index contributed by atoms with van der Waals surface area (Å²) in [5, 5.41) is 21.9. The Morgan fingerprint density at radius 3 is 1.62 bits per heavy atom. The van der Waals surface area contributed by atoms with Crippen LogP contribution in [0.2, 0.25) is 10.0 Å². The average molecular weight is 1320 g/mol. The maximum absolute atomic E-state index is 14.2. The number of rotatable bonds is 18. The third-order valence-electron chi connectivity index (χ3n) is 13.7. The molecule has 33 heteroatoms. The van der Waals surface area contributed by atoms with Crippen LogP contribution in [0.15, 0.2) is 77.9 Å². The first kappa shape index (κ1) is 73.8. The summed E-state index contributed by atoms with van der Waals surface area (Å²) in [4.78, 5) is 106. The first-order chi connectivity index (χ1) is 41.5. The summed E-state index contributed by atoms with van der Waals surface area (Å²) in [5.74, 6) is -11.4. The number of urea groups is 1. The number of nitrogens with two attached hydrogens (primary N) is 2. The van der Waals surface area contributed by atoms with E-state index >= 15 is 0 Å². The monoisotopic (exact) mass is 1320 g/mol. The largest absolute Gasteiger partial charge is 0.364 e. The maximum Gasteiger partial charge on any atom is 0.322 e. The molecular weight excluding hydrogens is 1260 g/mol. The fourth-order valence-electron chi connectivity index (χ4n) is 9.18. The van der Waals surface area contributed by atoms with E-state index < -0.39 is 83.4 Å². The molecule has 0 radical (unpaired) electrons. The van der Waals surface area contributed by atoms with Crippen molar-refractivity contribution in [3.8, 4) is 0 Å². The van der Waals surface area contributed by atoms with Gasteiger partial charge < -0.3 is 47.4 Å². The third-order valence-corrected chi connectivity index (χ3v) is 14.2. The molecule has 0 atom stereocenters. The second-order valence-corrected chi connectivity index (χ2v) is 21.7. The number of primary amides is 2. The zero-order chi connectivity index (χ0) is 64.8. The molecule has 486 valence electrons. The molecule has 2 fully saturated rings. The number of halogens is 9. The number of hydrogen-bond donors (Lipinski definition) is 6. The highest BCUT2D eigenvalue weighted by molar-refractivity contribution is 6.31. The first-order valence-corrected chi connectivity index (χ1v) is 28.0. The molecule has 0 bridgehead atoms. The molecule has 0 saturated carbocycles. The molecule has 4 heterocycles. The number of alkyl halides is 4. The molecule has 2 aliphatic rings. The molecule has 90 heavy (non-hydrogen) atoms. The van der Waals surface area contributed by atoms with Gasteiger partial charge in [0.2, 0.25) is 29.5 Å². The lowest BCUT2D eigenvalue weighted by atomic mass is 10.1. The minimum atomic E-state index is -2.97. The number of amides is 9. The number of aromatic nitrogens is 4. The second-order valence-electron chi connectivity index (χ2n) is 20.9. The van der Waals surface area contributed by atoms with Crippen LogP contribution in [0, 0.1) is 11.6 Å². The second kappa shape index (κ2) is 32.7. The van der Waals surface area contributed by atoms with Crippen molar-refractivity contribution in [3.63, 3.8) is 0 Å². The topological polar surface area (TPSA) is 331 Å². The van der Waals surface area contributed by atoms with Crippen molar-refractivity contribution in [2.45, 2.75) is 111 Å². The summed E-state index contributed by atoms with van der Waals surface area (Å²) in [6.45, 7) is 5.36. The maximum atomic E-state index is 14.2. The SMILES string of the molecule is C.CC(C)N(CC(=O)NCc1cccc(Cl)c1F)C(=O)Cn1nc(C(N)=O)c2cc(C(=O)N=[N+]=[N-])ccc21.CC(C)N(CC(=O)NCc1cccc(Cl)c1F)C(=O)Cn1nc(C(N)=O)c2cc(NC(=O)N3CCCC(F)(F)C3)ccc21.Cl.FC1(F)CCCNC1. The number of likely N-dealkylation sites (tertiary alicyclic amines) is 1. The number of nitrogens with zero attached hydrogens (tertiary/aromatic N) is 10. The highest BCUT2D eigenvalue weighted by Gasteiger charge is 2.37. The van der Waals surface area contributed by atoms with Gasteiger partial charge in [-0.1, -0.05) is 54.9 Å². The molecule has 6 aromatic rings. The smallest absolute Gasteiger partial charge is 0.322 e. The van der Waals surface area contributed by atoms with E-state index in [0.29, 0.717) is 17.5 Å². The van der Waals surface area contributed by atoms with Crippen molar-refractivity contribution >= 4 is 110 Å². The molecule has 2 aliphatic heterocycles. The van der Waals surface area contributed by atoms with Crippen LogP contribution in [-0.4, -0.2) is 145 Å². The Kier molecular flexibility index (Phi) is 26.8. The van der Waals surface area contributed by atoms with Gasteiger partial charge in [0, 0.05) is 82.6 Å². The molecule has 8 N–H and O–H groups in total. The number of carbonyl (C=O) groups is 8. The summed E-state index contributed by atoms with van der Waals surface area (Å²) in [7, 11) is 0. The van der Waals surface area contributed by atoms with Crippen molar-refractivity contribution in [3.05, 3.63) is 133 Å². The van der Waals surface area contributed by atoms with Crippen LogP contribution in [0.5, 0.6) is 0 Å². The number of piperidine rings is 2. The van der Waals surface area contributed by atoms with Gasteiger partial charge in [0.1, 0.15) is 24.7 Å². The minimum Gasteiger partial charge on any atom is -0.364 e. The predicted molar refractivity (Wildman–Crippen MR) is 326 cm³/mol. The Morgan fingerprint density at radius 2 is 1.20 bits per heavy atom. The van der Waals surface area contributed by atoms with Crippen molar-refractivity contribution in [1.82, 2.24) is 50.2 Å². The number of fused-ring (bicyclic) bond motifs is 2. The highest BCUT2D eigenvalue weighted by Crippen LogP contribution is 2.29. The summed E-state index contributed by atoms with van der Waals surface area (Å²) in [5.41, 5.74) is 20.4. The lowest BCUT2D eigenvalue weighted by Gasteiger charge is -2.32. The van der Waals surface area contributed by atoms with Gasteiger partial charge in [0.25, 0.3) is 23.7 Å². The van der Waals surface area contributed by atoms with Gasteiger partial charge in [-0.15, -0.1) is 12.4 Å². The molecule has 8 rings (SSSR count). The van der Waals surface area contributed by atoms with E-state index in [-0.39, 0.29) is 152 Å². The van der Waals surface area contributed by atoms with Crippen LogP contribution >= 0.6 is 35.6 Å². The quantitative estimate of drug-likeness (QED) is 0.0204. The molecule has 24 nitrogen and oxygen atoms in total. The van der Waals surface area contributed by atoms with Crippen molar-refractivity contribution < 1.29 is 64.7 Å². The summed E-state index contributed by atoms with van der Waals surface area (Å²) in [6, 6.07) is 15.9. The average Bonchev–Trinajstić information content (AvgIpc) is 1.65. The van der Waals surface area contributed by atoms with Crippen LogP contribution in [0.1, 0.15) is 103 Å². The van der Waals surface area contributed by atoms with Gasteiger partial charge in [0.05, 0.1) is 47.3 Å². The predicted octanol–water partition coefficient (Wildman–Crippen LogP) is 8.74. The number of azide groups is 1. The van der Waals surface area contributed by atoms with Crippen LogP contribution in [0.3, 0.4) is 0 Å². The zero-order valence-electron chi connectivity index (χ0n) is 48.3. The van der Waals surface area contributed by atoms with E-state index in [1.165, 1.54) is 79.8 Å².